The quantitative estimate of drug-likeness (QED) is 0.834. The average Bonchev–Trinajstić information content (AvgIpc) is 2.53. The van der Waals surface area contributed by atoms with E-state index < -0.39 is 24.1 Å². The predicted molar refractivity (Wildman–Crippen MR) is 74.7 cm³/mol. The number of morpholine rings is 1. The number of ether oxygens (including phenoxy) is 2. The summed E-state index contributed by atoms with van der Waals surface area (Å²) in [5, 5.41) is 10.5. The molecular weight excluding hydrogens is 298 g/mol. The van der Waals surface area contributed by atoms with Gasteiger partial charge in [0.15, 0.2) is 12.2 Å². The minimum absolute atomic E-state index is 0.0486. The lowest BCUT2D eigenvalue weighted by Crippen LogP contribution is -2.50. The van der Waals surface area contributed by atoms with Crippen molar-refractivity contribution >= 4 is 23.5 Å². The second kappa shape index (κ2) is 6.89. The second-order valence-electron chi connectivity index (χ2n) is 4.59. The molecule has 0 radical (unpaired) electrons. The molecule has 1 aliphatic rings. The third-order valence-corrected chi connectivity index (χ3v) is 3.62. The summed E-state index contributed by atoms with van der Waals surface area (Å²) in [7, 11) is 1.26. The van der Waals surface area contributed by atoms with Crippen LogP contribution in [0.25, 0.3) is 0 Å². The summed E-state index contributed by atoms with van der Waals surface area (Å²) in [5.41, 5.74) is 0.338. The van der Waals surface area contributed by atoms with E-state index in [0.717, 1.165) is 0 Å². The van der Waals surface area contributed by atoms with Crippen LogP contribution in [0.5, 0.6) is 0 Å². The number of nitrogens with zero attached hydrogens (tertiary/aromatic N) is 1. The van der Waals surface area contributed by atoms with Gasteiger partial charge in [-0.05, 0) is 6.07 Å². The van der Waals surface area contributed by atoms with E-state index in [1.807, 2.05) is 0 Å². The Morgan fingerprint density at radius 1 is 1.48 bits per heavy atom. The summed E-state index contributed by atoms with van der Waals surface area (Å²) >= 11 is 5.97. The Balaban J connectivity index is 2.09. The molecule has 0 aromatic heterocycles. The third kappa shape index (κ3) is 3.53. The predicted octanol–water partition coefficient (Wildman–Crippen LogP) is 0.774. The first-order valence-corrected chi connectivity index (χ1v) is 6.83. The highest BCUT2D eigenvalue weighted by Crippen LogP contribution is 2.24. The van der Waals surface area contributed by atoms with E-state index in [0.29, 0.717) is 17.1 Å². The zero-order valence-corrected chi connectivity index (χ0v) is 12.2. The number of carbonyl (C=O) groups excluding carboxylic acids is 2. The Kier molecular flexibility index (Phi) is 5.17. The molecule has 0 bridgehead atoms. The van der Waals surface area contributed by atoms with Gasteiger partial charge in [0.05, 0.1) is 20.3 Å². The number of methoxy groups -OCH3 is 1. The van der Waals surface area contributed by atoms with Crippen LogP contribution in [-0.4, -0.2) is 54.8 Å². The Labute approximate surface area is 127 Å². The molecule has 1 aliphatic heterocycles. The van der Waals surface area contributed by atoms with Crippen LogP contribution in [0.1, 0.15) is 11.7 Å². The summed E-state index contributed by atoms with van der Waals surface area (Å²) in [6.45, 7) is 0.557. The van der Waals surface area contributed by atoms with Crippen molar-refractivity contribution in [2.45, 2.75) is 12.2 Å². The van der Waals surface area contributed by atoms with Gasteiger partial charge in [-0.25, -0.2) is 4.79 Å². The van der Waals surface area contributed by atoms with Crippen LogP contribution in [0.3, 0.4) is 0 Å². The fourth-order valence-corrected chi connectivity index (χ4v) is 2.37. The van der Waals surface area contributed by atoms with Gasteiger partial charge < -0.3 is 19.5 Å². The summed E-state index contributed by atoms with van der Waals surface area (Å²) < 4.78 is 9.84. The number of rotatable bonds is 3. The van der Waals surface area contributed by atoms with E-state index in [1.54, 1.807) is 24.3 Å². The van der Waals surface area contributed by atoms with Crippen LogP contribution in [0.2, 0.25) is 5.02 Å². The van der Waals surface area contributed by atoms with E-state index in [-0.39, 0.29) is 13.2 Å². The lowest BCUT2D eigenvalue weighted by molar-refractivity contribution is -0.164. The van der Waals surface area contributed by atoms with Crippen molar-refractivity contribution in [2.75, 3.05) is 26.8 Å². The molecule has 7 heteroatoms. The molecule has 0 unspecified atom stereocenters. The minimum Gasteiger partial charge on any atom is -0.467 e. The topological polar surface area (TPSA) is 76.1 Å². The van der Waals surface area contributed by atoms with Gasteiger partial charge in [0.25, 0.3) is 5.91 Å². The molecular formula is C14H16ClNO5. The van der Waals surface area contributed by atoms with E-state index >= 15 is 0 Å². The van der Waals surface area contributed by atoms with Crippen molar-refractivity contribution in [3.8, 4) is 0 Å². The molecule has 1 aromatic rings. The first-order chi connectivity index (χ1) is 10.0. The maximum atomic E-state index is 12.3. The van der Waals surface area contributed by atoms with E-state index in [9.17, 15) is 14.7 Å². The fourth-order valence-electron chi connectivity index (χ4n) is 2.13. The molecule has 0 aliphatic carbocycles. The third-order valence-electron chi connectivity index (χ3n) is 3.28. The molecule has 1 saturated heterocycles. The summed E-state index contributed by atoms with van der Waals surface area (Å²) in [6, 6.07) is 6.59. The number of hydrogen-bond donors (Lipinski definition) is 1. The summed E-state index contributed by atoms with van der Waals surface area (Å²) in [4.78, 5) is 25.2. The molecule has 1 N–H and O–H groups in total. The number of hydrogen-bond acceptors (Lipinski definition) is 5. The zero-order chi connectivity index (χ0) is 15.4. The Bertz CT molecular complexity index is 536. The van der Waals surface area contributed by atoms with Gasteiger partial charge in [-0.15, -0.1) is 0 Å². The number of aliphatic hydroxyl groups excluding tert-OH is 1. The van der Waals surface area contributed by atoms with Crippen molar-refractivity contribution in [1.29, 1.82) is 0 Å². The monoisotopic (exact) mass is 313 g/mol. The fraction of sp³-hybridized carbons (Fsp3) is 0.429. The van der Waals surface area contributed by atoms with Crippen LogP contribution in [-0.2, 0) is 19.1 Å². The minimum atomic E-state index is -1.37. The number of aliphatic hydroxyl groups is 1. The molecule has 2 rings (SSSR count). The molecule has 1 heterocycles. The van der Waals surface area contributed by atoms with E-state index in [4.69, 9.17) is 16.3 Å². The molecule has 1 fully saturated rings. The number of esters is 1. The molecule has 2 atom stereocenters. The van der Waals surface area contributed by atoms with Crippen LogP contribution in [0.15, 0.2) is 24.3 Å². The van der Waals surface area contributed by atoms with Crippen molar-refractivity contribution in [2.24, 2.45) is 0 Å². The number of benzene rings is 1. The molecule has 0 saturated carbocycles. The lowest BCUT2D eigenvalue weighted by atomic mass is 10.1. The normalized spacial score (nSPS) is 20.0. The average molecular weight is 314 g/mol. The van der Waals surface area contributed by atoms with Crippen LogP contribution >= 0.6 is 11.6 Å². The SMILES string of the molecule is COC(=O)[C@@H]1CN(C(=O)[C@H](O)c2ccccc2Cl)CCO1. The first-order valence-electron chi connectivity index (χ1n) is 6.45. The van der Waals surface area contributed by atoms with Crippen molar-refractivity contribution in [1.82, 2.24) is 4.90 Å². The van der Waals surface area contributed by atoms with Gasteiger partial charge in [0, 0.05) is 17.1 Å². The Morgan fingerprint density at radius 3 is 2.86 bits per heavy atom. The van der Waals surface area contributed by atoms with Gasteiger partial charge in [-0.1, -0.05) is 29.8 Å². The van der Waals surface area contributed by atoms with Gasteiger partial charge >= 0.3 is 5.97 Å². The van der Waals surface area contributed by atoms with Crippen LogP contribution < -0.4 is 0 Å². The highest BCUT2D eigenvalue weighted by Gasteiger charge is 2.33. The molecule has 0 spiro atoms. The molecule has 114 valence electrons. The second-order valence-corrected chi connectivity index (χ2v) is 5.00. The summed E-state index contributed by atoms with van der Waals surface area (Å²) in [5.74, 6) is -1.06. The van der Waals surface area contributed by atoms with Crippen molar-refractivity contribution in [3.05, 3.63) is 34.9 Å². The van der Waals surface area contributed by atoms with Crippen LogP contribution in [0, 0.1) is 0 Å². The lowest BCUT2D eigenvalue weighted by Gasteiger charge is -2.32. The maximum absolute atomic E-state index is 12.3. The maximum Gasteiger partial charge on any atom is 0.336 e. The smallest absolute Gasteiger partial charge is 0.336 e. The van der Waals surface area contributed by atoms with Gasteiger partial charge in [0.2, 0.25) is 0 Å². The summed E-state index contributed by atoms with van der Waals surface area (Å²) in [6.07, 6.45) is -2.19. The molecule has 21 heavy (non-hydrogen) atoms. The standard InChI is InChI=1S/C14H16ClNO5/c1-20-14(19)11-8-16(6-7-21-11)13(18)12(17)9-4-2-3-5-10(9)15/h2-5,11-12,17H,6-8H2,1H3/t11-,12+/m0/s1. The van der Waals surface area contributed by atoms with E-state index in [1.165, 1.54) is 12.0 Å². The number of halogens is 1. The molecule has 1 amide bonds. The zero-order valence-electron chi connectivity index (χ0n) is 11.5. The Morgan fingerprint density at radius 2 is 2.19 bits per heavy atom. The van der Waals surface area contributed by atoms with Gasteiger partial charge in [-0.2, -0.15) is 0 Å². The first kappa shape index (κ1) is 15.8. The number of carbonyl (C=O) groups is 2. The number of amides is 1. The molecule has 1 aromatic carbocycles. The van der Waals surface area contributed by atoms with Crippen LogP contribution in [0.4, 0.5) is 0 Å². The van der Waals surface area contributed by atoms with Gasteiger partial charge in [0.1, 0.15) is 0 Å². The Hall–Kier alpha value is -1.63. The molecule has 6 nitrogen and oxygen atoms in total. The van der Waals surface area contributed by atoms with E-state index in [2.05, 4.69) is 4.74 Å². The highest BCUT2D eigenvalue weighted by atomic mass is 35.5. The van der Waals surface area contributed by atoms with Gasteiger partial charge in [-0.3, -0.25) is 4.79 Å². The highest BCUT2D eigenvalue weighted by molar-refractivity contribution is 6.31. The van der Waals surface area contributed by atoms with Crippen molar-refractivity contribution in [3.63, 3.8) is 0 Å². The largest absolute Gasteiger partial charge is 0.467 e. The van der Waals surface area contributed by atoms with Crippen molar-refractivity contribution < 1.29 is 24.2 Å².